The average Bonchev–Trinajstić information content (AvgIpc) is 3.13. The molecule has 0 aromatic rings. The van der Waals surface area contributed by atoms with Crippen molar-refractivity contribution in [3.63, 3.8) is 0 Å². The van der Waals surface area contributed by atoms with Crippen molar-refractivity contribution in [1.82, 2.24) is 0 Å². The maximum absolute atomic E-state index is 12.4. The second-order valence-corrected chi connectivity index (χ2v) is 15.4. The van der Waals surface area contributed by atoms with Gasteiger partial charge in [-0.05, 0) is 6.42 Å². The number of sulfone groups is 1. The van der Waals surface area contributed by atoms with E-state index in [1.165, 1.54) is 0 Å². The van der Waals surface area contributed by atoms with Crippen LogP contribution in [0.4, 0.5) is 0 Å². The molecule has 4 aliphatic heterocycles. The molecule has 4 heterocycles. The molecule has 0 aliphatic carbocycles. The van der Waals surface area contributed by atoms with Crippen molar-refractivity contribution < 1.29 is 113 Å². The Hall–Kier alpha value is -0.890. The van der Waals surface area contributed by atoms with Crippen LogP contribution in [0.1, 0.15) is 13.3 Å². The first kappa shape index (κ1) is 44.8. The van der Waals surface area contributed by atoms with Gasteiger partial charge >= 0.3 is 0 Å². The number of hydrogen-bond donors (Lipinski definition) is 13. The summed E-state index contributed by atoms with van der Waals surface area (Å²) >= 11 is 0. The predicted octanol–water partition coefficient (Wildman–Crippen LogP) is -8.90. The van der Waals surface area contributed by atoms with Crippen molar-refractivity contribution in [3.05, 3.63) is 0 Å². The van der Waals surface area contributed by atoms with Crippen LogP contribution in [0, 0.1) is 0 Å². The summed E-state index contributed by atoms with van der Waals surface area (Å²) in [7, 11) is -3.64. The Morgan fingerprint density at radius 1 is 0.472 bits per heavy atom. The Balaban J connectivity index is 1.56. The van der Waals surface area contributed by atoms with Crippen LogP contribution in [-0.2, 0) is 47.7 Å². The fourth-order valence-corrected chi connectivity index (χ4v) is 7.61. The molecule has 53 heavy (non-hydrogen) atoms. The first-order chi connectivity index (χ1) is 25.0. The van der Waals surface area contributed by atoms with Crippen LogP contribution in [0.2, 0.25) is 0 Å². The van der Waals surface area contributed by atoms with Gasteiger partial charge in [0.25, 0.3) is 0 Å². The number of aliphatic hydroxyl groups is 13. The highest BCUT2D eigenvalue weighted by molar-refractivity contribution is 7.91. The largest absolute Gasteiger partial charge is 0.394 e. The molecule has 20 atom stereocenters. The van der Waals surface area contributed by atoms with Gasteiger partial charge in [-0.1, -0.05) is 6.92 Å². The van der Waals surface area contributed by atoms with Gasteiger partial charge in [0.2, 0.25) is 0 Å². The number of ether oxygens (including phenoxy) is 8. The summed E-state index contributed by atoms with van der Waals surface area (Å²) in [4.78, 5) is 0. The summed E-state index contributed by atoms with van der Waals surface area (Å²) in [5, 5.41) is 134. The molecule has 13 N–H and O–H groups in total. The van der Waals surface area contributed by atoms with E-state index in [1.807, 2.05) is 0 Å². The molecule has 0 radical (unpaired) electrons. The molecule has 0 amide bonds. The highest BCUT2D eigenvalue weighted by atomic mass is 32.2. The third-order valence-electron chi connectivity index (χ3n) is 9.40. The van der Waals surface area contributed by atoms with Crippen molar-refractivity contribution in [2.75, 3.05) is 44.5 Å². The van der Waals surface area contributed by atoms with Crippen molar-refractivity contribution in [2.24, 2.45) is 0 Å². The molecule has 0 aromatic carbocycles. The zero-order chi connectivity index (χ0) is 39.4. The Morgan fingerprint density at radius 3 is 1.43 bits per heavy atom. The highest BCUT2D eigenvalue weighted by Crippen LogP contribution is 2.35. The third kappa shape index (κ3) is 10.2. The Bertz CT molecular complexity index is 1210. The zero-order valence-electron chi connectivity index (χ0n) is 28.5. The first-order valence-electron chi connectivity index (χ1n) is 17.0. The van der Waals surface area contributed by atoms with Gasteiger partial charge in [0.05, 0.1) is 38.8 Å². The summed E-state index contributed by atoms with van der Waals surface area (Å²) in [6.07, 6.45) is -35.4. The van der Waals surface area contributed by atoms with E-state index in [0.29, 0.717) is 6.42 Å². The van der Waals surface area contributed by atoms with Crippen molar-refractivity contribution in [3.8, 4) is 0 Å². The van der Waals surface area contributed by atoms with E-state index in [-0.39, 0.29) is 5.75 Å². The second-order valence-electron chi connectivity index (χ2n) is 13.1. The SMILES string of the molecule is CCCS(=O)(=O)CCO[C@H]1C(O)[C@H](O[C@@H]2OC(CO)[C@@H](O)C(O)[C@@H]2O)C(CO)O[C@H]1O[C@@H]1C(CO)O[C@@H](O[C@@H]2C(CO)O[C@@H](O)C(O)C2O)[C@@H](O)C1O. The van der Waals surface area contributed by atoms with E-state index < -0.39 is 171 Å². The minimum atomic E-state index is -3.64. The second kappa shape index (κ2) is 19.5. The van der Waals surface area contributed by atoms with Gasteiger partial charge in [0.15, 0.2) is 35.0 Å². The molecule has 9 unspecified atom stereocenters. The standard InChI is InChI=1S/C29H52O23S/c1-2-4-53(43,44)5-3-45-25-21(41)24(51-27-19(39)15(35)14(34)10(6-30)47-27)13(9-33)49-29(25)52-23-12(8-32)48-28(20(40)17(23)37)50-22-11(7-31)46-26(42)18(38)16(22)36/h10-42H,2-9H2,1H3/t10?,11?,12?,13?,14-,15?,16?,17?,18?,19+,20+,21?,22-,23-,24-,25+,26-,27+,28+,29+/m1/s1. The third-order valence-corrected chi connectivity index (χ3v) is 11.2. The molecule has 4 fully saturated rings. The summed E-state index contributed by atoms with van der Waals surface area (Å²) in [5.41, 5.74) is 0. The Kier molecular flexibility index (Phi) is 16.5. The van der Waals surface area contributed by atoms with E-state index in [0.717, 1.165) is 0 Å². The van der Waals surface area contributed by atoms with E-state index in [2.05, 4.69) is 0 Å². The van der Waals surface area contributed by atoms with Crippen LogP contribution in [0.3, 0.4) is 0 Å². The first-order valence-corrected chi connectivity index (χ1v) is 18.8. The van der Waals surface area contributed by atoms with Gasteiger partial charge in [-0.25, -0.2) is 8.42 Å². The molecule has 0 saturated carbocycles. The summed E-state index contributed by atoms with van der Waals surface area (Å²) in [6.45, 7) is -2.44. The fraction of sp³-hybridized carbons (Fsp3) is 1.00. The molecule has 24 heteroatoms. The van der Waals surface area contributed by atoms with Crippen LogP contribution < -0.4 is 0 Å². The minimum Gasteiger partial charge on any atom is -0.394 e. The highest BCUT2D eigenvalue weighted by Gasteiger charge is 2.55. The van der Waals surface area contributed by atoms with E-state index in [1.54, 1.807) is 6.92 Å². The van der Waals surface area contributed by atoms with Crippen molar-refractivity contribution >= 4 is 9.84 Å². The Morgan fingerprint density at radius 2 is 0.906 bits per heavy atom. The lowest BCUT2D eigenvalue weighted by Gasteiger charge is -2.49. The molecule has 4 saturated heterocycles. The lowest BCUT2D eigenvalue weighted by Crippen LogP contribution is -2.67. The molecule has 0 bridgehead atoms. The topological polar surface area (TPSA) is 371 Å². The maximum Gasteiger partial charge on any atom is 0.187 e. The van der Waals surface area contributed by atoms with Crippen LogP contribution in [-0.4, -0.2) is 242 Å². The number of rotatable bonds is 16. The number of aliphatic hydroxyl groups excluding tert-OH is 13. The van der Waals surface area contributed by atoms with Gasteiger partial charge in [-0.2, -0.15) is 0 Å². The fourth-order valence-electron chi connectivity index (χ4n) is 6.43. The van der Waals surface area contributed by atoms with Gasteiger partial charge in [-0.15, -0.1) is 0 Å². The molecule has 0 spiro atoms. The van der Waals surface area contributed by atoms with E-state index >= 15 is 0 Å². The predicted molar refractivity (Wildman–Crippen MR) is 167 cm³/mol. The van der Waals surface area contributed by atoms with E-state index in [9.17, 15) is 74.8 Å². The van der Waals surface area contributed by atoms with Crippen LogP contribution in [0.15, 0.2) is 0 Å². The summed E-state index contributed by atoms with van der Waals surface area (Å²) in [6, 6.07) is 0. The van der Waals surface area contributed by atoms with E-state index in [4.69, 9.17) is 37.9 Å². The van der Waals surface area contributed by atoms with Crippen molar-refractivity contribution in [2.45, 2.75) is 136 Å². The van der Waals surface area contributed by atoms with Gasteiger partial charge in [0, 0.05) is 5.75 Å². The normalized spacial score (nSPS) is 47.1. The van der Waals surface area contributed by atoms with Crippen LogP contribution in [0.5, 0.6) is 0 Å². The lowest BCUT2D eigenvalue weighted by molar-refractivity contribution is -0.389. The van der Waals surface area contributed by atoms with Gasteiger partial charge < -0.3 is 104 Å². The summed E-state index contributed by atoms with van der Waals surface area (Å²) in [5.74, 6) is -0.731. The monoisotopic (exact) mass is 800 g/mol. The zero-order valence-corrected chi connectivity index (χ0v) is 29.3. The summed E-state index contributed by atoms with van der Waals surface area (Å²) < 4.78 is 69.4. The van der Waals surface area contributed by atoms with Gasteiger partial charge in [0.1, 0.15) is 97.7 Å². The van der Waals surface area contributed by atoms with Gasteiger partial charge in [-0.3, -0.25) is 0 Å². The number of hydrogen-bond acceptors (Lipinski definition) is 23. The smallest absolute Gasteiger partial charge is 0.187 e. The maximum atomic E-state index is 12.4. The lowest BCUT2D eigenvalue weighted by atomic mass is 9.95. The molecular weight excluding hydrogens is 748 g/mol. The molecule has 23 nitrogen and oxygen atoms in total. The molecule has 312 valence electrons. The van der Waals surface area contributed by atoms with Crippen LogP contribution in [0.25, 0.3) is 0 Å². The molecule has 4 aliphatic rings. The molecule has 4 rings (SSSR count). The molecular formula is C29H52O23S. The average molecular weight is 801 g/mol. The van der Waals surface area contributed by atoms with Crippen LogP contribution >= 0.6 is 0 Å². The van der Waals surface area contributed by atoms with Crippen molar-refractivity contribution in [1.29, 1.82) is 0 Å². The minimum absolute atomic E-state index is 0.192. The quantitative estimate of drug-likeness (QED) is 0.0689. The molecule has 0 aromatic heterocycles. The Labute approximate surface area is 303 Å².